The van der Waals surface area contributed by atoms with Gasteiger partial charge in [-0.1, -0.05) is 33.1 Å². The normalized spacial score (nSPS) is 6.57. The summed E-state index contributed by atoms with van der Waals surface area (Å²) in [4.78, 5) is 0. The molecule has 0 aliphatic heterocycles. The van der Waals surface area contributed by atoms with Crippen LogP contribution in [0.2, 0.25) is 0 Å². The van der Waals surface area contributed by atoms with Gasteiger partial charge in [-0.2, -0.15) is 0 Å². The third kappa shape index (κ3) is 26.5. The average molecular weight is 100 g/mol. The Morgan fingerprint density at radius 1 is 1.00 bits per heavy atom. The summed E-state index contributed by atoms with van der Waals surface area (Å²) in [6.45, 7) is 10.4. The van der Waals surface area contributed by atoms with Crippen molar-refractivity contribution in [3.8, 4) is 0 Å². The van der Waals surface area contributed by atoms with Crippen LogP contribution in [-0.2, 0) is 0 Å². The molecule has 0 fully saturated rings. The smallest absolute Gasteiger partial charge is 0.0538 e. The van der Waals surface area contributed by atoms with Crippen LogP contribution in [0.5, 0.6) is 0 Å². The summed E-state index contributed by atoms with van der Waals surface area (Å²) in [5.74, 6) is 0. The van der Waals surface area contributed by atoms with Crippen LogP contribution < -0.4 is 0 Å². The molecule has 0 rings (SSSR count). The lowest BCUT2D eigenvalue weighted by Gasteiger charge is -1.79. The standard InChI is InChI=1S/C5H12.C2H4/c1-3-5-4-2;1-2/h3-5H2,1-2H3;1-2H2. The number of hydrogen-bond donors (Lipinski definition) is 0. The number of hydrogen-bond acceptors (Lipinski definition) is 0. The molecule has 0 aromatic heterocycles. The molecule has 0 saturated heterocycles. The van der Waals surface area contributed by atoms with E-state index in [1.165, 1.54) is 19.3 Å². The molecule has 44 valence electrons. The SMILES string of the molecule is C=C.CCCCC. The first-order valence-corrected chi connectivity index (χ1v) is 2.91. The molecule has 0 bridgehead atoms. The van der Waals surface area contributed by atoms with Crippen molar-refractivity contribution in [1.82, 2.24) is 0 Å². The molecule has 0 saturated carbocycles. The van der Waals surface area contributed by atoms with Gasteiger partial charge in [0.25, 0.3) is 0 Å². The van der Waals surface area contributed by atoms with Crippen LogP contribution in [0.1, 0.15) is 33.1 Å². The second-order valence-electron chi connectivity index (χ2n) is 1.35. The van der Waals surface area contributed by atoms with Gasteiger partial charge >= 0.3 is 0 Å². The minimum atomic E-state index is 1.34. The molecule has 0 atom stereocenters. The van der Waals surface area contributed by atoms with E-state index in [1.54, 1.807) is 0 Å². The first kappa shape index (κ1) is 9.88. The monoisotopic (exact) mass is 100 g/mol. The maximum Gasteiger partial charge on any atom is -0.0538 e. The predicted molar refractivity (Wildman–Crippen MR) is 36.5 cm³/mol. The van der Waals surface area contributed by atoms with Crippen LogP contribution in [0.3, 0.4) is 0 Å². The molecule has 7 heavy (non-hydrogen) atoms. The first-order chi connectivity index (χ1) is 3.41. The van der Waals surface area contributed by atoms with Gasteiger partial charge in [0.1, 0.15) is 0 Å². The molecule has 0 nitrogen and oxygen atoms in total. The van der Waals surface area contributed by atoms with Crippen LogP contribution in [0.4, 0.5) is 0 Å². The summed E-state index contributed by atoms with van der Waals surface area (Å²) in [6.07, 6.45) is 4.08. The summed E-state index contributed by atoms with van der Waals surface area (Å²) >= 11 is 0. The summed E-state index contributed by atoms with van der Waals surface area (Å²) < 4.78 is 0. The molecule has 0 N–H and O–H groups in total. The fourth-order valence-electron chi connectivity index (χ4n) is 0.354. The van der Waals surface area contributed by atoms with Gasteiger partial charge in [-0.15, -0.1) is 13.2 Å². The van der Waals surface area contributed by atoms with Crippen molar-refractivity contribution in [2.45, 2.75) is 33.1 Å². The quantitative estimate of drug-likeness (QED) is 0.468. The van der Waals surface area contributed by atoms with E-state index in [1.807, 2.05) is 0 Å². The van der Waals surface area contributed by atoms with E-state index in [9.17, 15) is 0 Å². The molecule has 0 aliphatic carbocycles. The second kappa shape index (κ2) is 17.2. The van der Waals surface area contributed by atoms with Crippen LogP contribution >= 0.6 is 0 Å². The van der Waals surface area contributed by atoms with Crippen molar-refractivity contribution in [2.24, 2.45) is 0 Å². The Kier molecular flexibility index (Phi) is 24.3. The Balaban J connectivity index is 0. The fraction of sp³-hybridized carbons (Fsp3) is 0.714. The Morgan fingerprint density at radius 3 is 1.29 bits per heavy atom. The zero-order valence-corrected chi connectivity index (χ0v) is 5.54. The molecule has 0 aliphatic rings. The predicted octanol–water partition coefficient (Wildman–Crippen LogP) is 3.00. The van der Waals surface area contributed by atoms with Crippen LogP contribution in [0.15, 0.2) is 13.2 Å². The van der Waals surface area contributed by atoms with Gasteiger partial charge in [0.05, 0.1) is 0 Å². The highest BCUT2D eigenvalue weighted by atomic mass is 13.7. The van der Waals surface area contributed by atoms with Crippen LogP contribution in [-0.4, -0.2) is 0 Å². The Morgan fingerprint density at radius 2 is 1.29 bits per heavy atom. The summed E-state index contributed by atoms with van der Waals surface area (Å²) in [6, 6.07) is 0. The molecular formula is C7H16. The van der Waals surface area contributed by atoms with Crippen LogP contribution in [0, 0.1) is 0 Å². The highest BCUT2D eigenvalue weighted by Gasteiger charge is 1.68. The first-order valence-electron chi connectivity index (χ1n) is 2.91. The topological polar surface area (TPSA) is 0 Å². The lowest BCUT2D eigenvalue weighted by molar-refractivity contribution is 0.772. The van der Waals surface area contributed by atoms with Crippen molar-refractivity contribution >= 4 is 0 Å². The molecule has 0 radical (unpaired) electrons. The number of unbranched alkanes of at least 4 members (excludes halogenated alkanes) is 2. The van der Waals surface area contributed by atoms with Gasteiger partial charge < -0.3 is 0 Å². The molecule has 0 heterocycles. The van der Waals surface area contributed by atoms with Crippen LogP contribution in [0.25, 0.3) is 0 Å². The molecule has 0 spiro atoms. The maximum absolute atomic E-state index is 3.00. The third-order valence-corrected chi connectivity index (χ3v) is 0.707. The van der Waals surface area contributed by atoms with Gasteiger partial charge in [-0.05, 0) is 0 Å². The van der Waals surface area contributed by atoms with Gasteiger partial charge in [-0.25, -0.2) is 0 Å². The van der Waals surface area contributed by atoms with Gasteiger partial charge in [0.15, 0.2) is 0 Å². The van der Waals surface area contributed by atoms with E-state index in [4.69, 9.17) is 0 Å². The van der Waals surface area contributed by atoms with E-state index < -0.39 is 0 Å². The van der Waals surface area contributed by atoms with Crippen molar-refractivity contribution in [1.29, 1.82) is 0 Å². The van der Waals surface area contributed by atoms with Gasteiger partial charge in [0.2, 0.25) is 0 Å². The fourth-order valence-corrected chi connectivity index (χ4v) is 0.354. The largest absolute Gasteiger partial charge is 0.106 e. The summed E-state index contributed by atoms with van der Waals surface area (Å²) in [7, 11) is 0. The van der Waals surface area contributed by atoms with Gasteiger partial charge in [-0.3, -0.25) is 0 Å². The lowest BCUT2D eigenvalue weighted by atomic mass is 10.3. The van der Waals surface area contributed by atoms with Crippen molar-refractivity contribution in [3.63, 3.8) is 0 Å². The van der Waals surface area contributed by atoms with E-state index in [-0.39, 0.29) is 0 Å². The molecule has 0 heteroatoms. The molecule has 0 aromatic carbocycles. The van der Waals surface area contributed by atoms with Gasteiger partial charge in [0, 0.05) is 0 Å². The average Bonchev–Trinajstić information content (AvgIpc) is 1.75. The summed E-state index contributed by atoms with van der Waals surface area (Å²) in [5, 5.41) is 0. The minimum Gasteiger partial charge on any atom is -0.106 e. The minimum absolute atomic E-state index is 1.34. The lowest BCUT2D eigenvalue weighted by Crippen LogP contribution is -1.59. The van der Waals surface area contributed by atoms with Crippen molar-refractivity contribution < 1.29 is 0 Å². The molecule has 0 amide bonds. The van der Waals surface area contributed by atoms with E-state index in [0.717, 1.165) is 0 Å². The number of rotatable bonds is 2. The third-order valence-electron chi connectivity index (χ3n) is 0.707. The van der Waals surface area contributed by atoms with E-state index in [2.05, 4.69) is 27.0 Å². The molecule has 0 aromatic rings. The molecule has 0 unspecified atom stereocenters. The highest BCUT2D eigenvalue weighted by molar-refractivity contribution is 4.24. The Hall–Kier alpha value is -0.260. The zero-order valence-electron chi connectivity index (χ0n) is 5.54. The maximum atomic E-state index is 3.00. The van der Waals surface area contributed by atoms with E-state index >= 15 is 0 Å². The Bertz CT molecular complexity index is 14.0. The molecular weight excluding hydrogens is 84.1 g/mol. The van der Waals surface area contributed by atoms with Crippen molar-refractivity contribution in [3.05, 3.63) is 13.2 Å². The van der Waals surface area contributed by atoms with E-state index in [0.29, 0.717) is 0 Å². The highest BCUT2D eigenvalue weighted by Crippen LogP contribution is 1.88. The van der Waals surface area contributed by atoms with Crippen molar-refractivity contribution in [2.75, 3.05) is 0 Å². The summed E-state index contributed by atoms with van der Waals surface area (Å²) in [5.41, 5.74) is 0. The second-order valence-corrected chi connectivity index (χ2v) is 1.35. The Labute approximate surface area is 47.2 Å². The zero-order chi connectivity index (χ0) is 6.12.